The fraction of sp³-hybridized carbons (Fsp3) is 0.529. The molecule has 6 nitrogen and oxygen atoms in total. The molecule has 23 heavy (non-hydrogen) atoms. The fourth-order valence-corrected chi connectivity index (χ4v) is 1.99. The number of carboxylic acids is 1. The molecule has 0 unspecified atom stereocenters. The van der Waals surface area contributed by atoms with E-state index in [4.69, 9.17) is 4.74 Å². The number of nitrogens with one attached hydrogen (secondary N) is 1. The Hall–Kier alpha value is -2.24. The molecule has 0 saturated heterocycles. The molecule has 0 radical (unpaired) electrons. The summed E-state index contributed by atoms with van der Waals surface area (Å²) in [5.74, 6) is -1.10. The number of hydrogen-bond donors (Lipinski definition) is 2. The zero-order valence-electron chi connectivity index (χ0n) is 14.5. The molecule has 0 bridgehead atoms. The van der Waals surface area contributed by atoms with Gasteiger partial charge in [-0.05, 0) is 45.4 Å². The van der Waals surface area contributed by atoms with Crippen molar-refractivity contribution < 1.29 is 19.4 Å². The number of ether oxygens (including phenoxy) is 1. The van der Waals surface area contributed by atoms with Gasteiger partial charge in [0.05, 0.1) is 11.3 Å². The summed E-state index contributed by atoms with van der Waals surface area (Å²) in [4.78, 5) is 25.3. The number of amides is 1. The van der Waals surface area contributed by atoms with Gasteiger partial charge in [0.25, 0.3) is 0 Å². The van der Waals surface area contributed by atoms with Gasteiger partial charge < -0.3 is 14.7 Å². The largest absolute Gasteiger partial charge is 0.478 e. The number of hydrogen-bond acceptors (Lipinski definition) is 4. The van der Waals surface area contributed by atoms with Gasteiger partial charge in [-0.15, -0.1) is 0 Å². The Kier molecular flexibility index (Phi) is 6.42. The van der Waals surface area contributed by atoms with E-state index in [9.17, 15) is 14.7 Å². The molecule has 0 aliphatic heterocycles. The third kappa shape index (κ3) is 6.18. The van der Waals surface area contributed by atoms with Crippen molar-refractivity contribution in [1.29, 1.82) is 0 Å². The van der Waals surface area contributed by atoms with Crippen molar-refractivity contribution in [2.45, 2.75) is 46.1 Å². The number of rotatable bonds is 6. The molecular formula is C17H26N2O4. The van der Waals surface area contributed by atoms with Gasteiger partial charge in [-0.25, -0.2) is 9.59 Å². The SMILES string of the molecule is CCCCN(C)c1ccc(NC(=O)OC(C)(C)C)c(C(=O)O)c1. The number of nitrogens with zero attached hydrogens (tertiary/aromatic N) is 1. The van der Waals surface area contributed by atoms with E-state index in [-0.39, 0.29) is 11.3 Å². The Morgan fingerprint density at radius 1 is 1.30 bits per heavy atom. The lowest BCUT2D eigenvalue weighted by Crippen LogP contribution is -2.28. The van der Waals surface area contributed by atoms with Crippen molar-refractivity contribution in [2.24, 2.45) is 0 Å². The Bertz CT molecular complexity index is 564. The molecule has 0 fully saturated rings. The Balaban J connectivity index is 2.96. The Morgan fingerprint density at radius 3 is 2.48 bits per heavy atom. The van der Waals surface area contributed by atoms with Crippen LogP contribution in [-0.2, 0) is 4.74 Å². The van der Waals surface area contributed by atoms with Gasteiger partial charge in [0, 0.05) is 19.3 Å². The van der Waals surface area contributed by atoms with E-state index in [0.717, 1.165) is 25.1 Å². The van der Waals surface area contributed by atoms with Gasteiger partial charge in [0.2, 0.25) is 0 Å². The monoisotopic (exact) mass is 322 g/mol. The summed E-state index contributed by atoms with van der Waals surface area (Å²) in [7, 11) is 1.91. The van der Waals surface area contributed by atoms with E-state index in [0.29, 0.717) is 0 Å². The predicted octanol–water partition coefficient (Wildman–Crippen LogP) is 3.97. The lowest BCUT2D eigenvalue weighted by Gasteiger charge is -2.22. The van der Waals surface area contributed by atoms with Crippen molar-refractivity contribution in [1.82, 2.24) is 0 Å². The molecule has 0 saturated carbocycles. The van der Waals surface area contributed by atoms with Crippen LogP contribution in [0.2, 0.25) is 0 Å². The molecule has 0 heterocycles. The van der Waals surface area contributed by atoms with Crippen LogP contribution in [-0.4, -0.2) is 36.4 Å². The van der Waals surface area contributed by atoms with Crippen molar-refractivity contribution >= 4 is 23.4 Å². The summed E-state index contributed by atoms with van der Waals surface area (Å²) in [5.41, 5.74) is 0.412. The lowest BCUT2D eigenvalue weighted by molar-refractivity contribution is 0.0636. The van der Waals surface area contributed by atoms with Crippen LogP contribution in [0.3, 0.4) is 0 Å². The minimum absolute atomic E-state index is 0.0386. The second-order valence-electron chi connectivity index (χ2n) is 6.44. The number of benzene rings is 1. The van der Waals surface area contributed by atoms with Crippen LogP contribution in [0.15, 0.2) is 18.2 Å². The molecule has 0 aromatic heterocycles. The number of anilines is 2. The first-order valence-electron chi connectivity index (χ1n) is 7.72. The highest BCUT2D eigenvalue weighted by Crippen LogP contribution is 2.24. The topological polar surface area (TPSA) is 78.9 Å². The standard InChI is InChI=1S/C17H26N2O4/c1-6-7-10-19(5)12-8-9-14(13(11-12)15(20)21)18-16(22)23-17(2,3)4/h8-9,11H,6-7,10H2,1-5H3,(H,18,22)(H,20,21). The zero-order valence-corrected chi connectivity index (χ0v) is 14.5. The average molecular weight is 322 g/mol. The predicted molar refractivity (Wildman–Crippen MR) is 91.4 cm³/mol. The maximum atomic E-state index is 11.8. The molecule has 128 valence electrons. The minimum atomic E-state index is -1.10. The molecule has 1 rings (SSSR count). The van der Waals surface area contributed by atoms with E-state index in [1.165, 1.54) is 0 Å². The normalized spacial score (nSPS) is 11.0. The highest BCUT2D eigenvalue weighted by atomic mass is 16.6. The van der Waals surface area contributed by atoms with Crippen LogP contribution in [0.1, 0.15) is 50.9 Å². The van der Waals surface area contributed by atoms with E-state index in [1.54, 1.807) is 39.0 Å². The first kappa shape index (κ1) is 18.8. The molecule has 0 aliphatic carbocycles. The second kappa shape index (κ2) is 7.85. The minimum Gasteiger partial charge on any atom is -0.478 e. The van der Waals surface area contributed by atoms with Gasteiger partial charge in [-0.2, -0.15) is 0 Å². The molecule has 0 spiro atoms. The lowest BCUT2D eigenvalue weighted by atomic mass is 10.1. The molecule has 1 aromatic carbocycles. The number of aromatic carboxylic acids is 1. The zero-order chi connectivity index (χ0) is 17.6. The summed E-state index contributed by atoms with van der Waals surface area (Å²) in [6, 6.07) is 4.94. The van der Waals surface area contributed by atoms with Crippen molar-refractivity contribution in [3.8, 4) is 0 Å². The first-order chi connectivity index (χ1) is 10.6. The quantitative estimate of drug-likeness (QED) is 0.828. The Labute approximate surface area is 137 Å². The maximum Gasteiger partial charge on any atom is 0.412 e. The van der Waals surface area contributed by atoms with Crippen LogP contribution in [0.25, 0.3) is 0 Å². The van der Waals surface area contributed by atoms with Crippen LogP contribution >= 0.6 is 0 Å². The van der Waals surface area contributed by atoms with Crippen LogP contribution in [0.5, 0.6) is 0 Å². The molecule has 0 aliphatic rings. The van der Waals surface area contributed by atoms with Crippen molar-refractivity contribution in [3.05, 3.63) is 23.8 Å². The van der Waals surface area contributed by atoms with Crippen LogP contribution in [0, 0.1) is 0 Å². The van der Waals surface area contributed by atoms with Gasteiger partial charge in [0.15, 0.2) is 0 Å². The van der Waals surface area contributed by atoms with Crippen LogP contribution < -0.4 is 10.2 Å². The van der Waals surface area contributed by atoms with Crippen LogP contribution in [0.4, 0.5) is 16.2 Å². The van der Waals surface area contributed by atoms with Crippen molar-refractivity contribution in [3.63, 3.8) is 0 Å². The number of carboxylic acid groups (broad SMARTS) is 1. The van der Waals surface area contributed by atoms with E-state index in [2.05, 4.69) is 12.2 Å². The van der Waals surface area contributed by atoms with Gasteiger partial charge in [0.1, 0.15) is 5.60 Å². The molecule has 1 amide bonds. The first-order valence-corrected chi connectivity index (χ1v) is 7.72. The highest BCUT2D eigenvalue weighted by molar-refractivity contribution is 5.99. The highest BCUT2D eigenvalue weighted by Gasteiger charge is 2.19. The summed E-state index contributed by atoms with van der Waals surface area (Å²) in [6.45, 7) is 8.18. The molecule has 2 N–H and O–H groups in total. The number of carbonyl (C=O) groups excluding carboxylic acids is 1. The molecule has 1 aromatic rings. The summed E-state index contributed by atoms with van der Waals surface area (Å²) in [6.07, 6.45) is 1.41. The van der Waals surface area contributed by atoms with E-state index >= 15 is 0 Å². The second-order valence-corrected chi connectivity index (χ2v) is 6.44. The Morgan fingerprint density at radius 2 is 1.96 bits per heavy atom. The molecule has 6 heteroatoms. The third-order valence-electron chi connectivity index (χ3n) is 3.16. The van der Waals surface area contributed by atoms with Crippen molar-refractivity contribution in [2.75, 3.05) is 23.8 Å². The summed E-state index contributed by atoms with van der Waals surface area (Å²) < 4.78 is 5.15. The van der Waals surface area contributed by atoms with E-state index < -0.39 is 17.7 Å². The summed E-state index contributed by atoms with van der Waals surface area (Å²) >= 11 is 0. The van der Waals surface area contributed by atoms with Gasteiger partial charge in [-0.1, -0.05) is 13.3 Å². The fourth-order valence-electron chi connectivity index (χ4n) is 1.99. The van der Waals surface area contributed by atoms with E-state index in [1.807, 2.05) is 11.9 Å². The van der Waals surface area contributed by atoms with Gasteiger partial charge in [-0.3, -0.25) is 5.32 Å². The smallest absolute Gasteiger partial charge is 0.412 e. The number of unbranched alkanes of at least 4 members (excludes halogenated alkanes) is 1. The third-order valence-corrected chi connectivity index (χ3v) is 3.16. The summed E-state index contributed by atoms with van der Waals surface area (Å²) in [5, 5.41) is 11.9. The number of carbonyl (C=O) groups is 2. The van der Waals surface area contributed by atoms with Gasteiger partial charge >= 0.3 is 12.1 Å². The molecular weight excluding hydrogens is 296 g/mol. The maximum absolute atomic E-state index is 11.8. The molecule has 0 atom stereocenters. The average Bonchev–Trinajstić information content (AvgIpc) is 2.42.